The summed E-state index contributed by atoms with van der Waals surface area (Å²) in [6.07, 6.45) is 2.83. The van der Waals surface area contributed by atoms with Crippen molar-refractivity contribution in [2.75, 3.05) is 11.9 Å². The third-order valence-electron chi connectivity index (χ3n) is 2.95. The van der Waals surface area contributed by atoms with Crippen LogP contribution in [0.15, 0.2) is 48.7 Å². The van der Waals surface area contributed by atoms with E-state index in [-0.39, 0.29) is 6.03 Å². The van der Waals surface area contributed by atoms with Crippen molar-refractivity contribution < 1.29 is 9.53 Å². The van der Waals surface area contributed by atoms with Crippen LogP contribution >= 0.6 is 0 Å². The Morgan fingerprint density at radius 2 is 2.17 bits per heavy atom. The molecule has 2 amide bonds. The normalized spacial score (nSPS) is 9.70. The highest BCUT2D eigenvalue weighted by atomic mass is 16.5. The van der Waals surface area contributed by atoms with Gasteiger partial charge in [-0.2, -0.15) is 5.26 Å². The number of benzene rings is 1. The molecule has 2 rings (SSSR count). The highest BCUT2D eigenvalue weighted by molar-refractivity contribution is 5.89. The lowest BCUT2D eigenvalue weighted by Gasteiger charge is -2.09. The van der Waals surface area contributed by atoms with Crippen LogP contribution in [0.4, 0.5) is 10.5 Å². The minimum absolute atomic E-state index is 0.308. The summed E-state index contributed by atoms with van der Waals surface area (Å²) in [5.41, 5.74) is 1.43. The number of nitriles is 1. The van der Waals surface area contributed by atoms with Crippen LogP contribution in [0.5, 0.6) is 5.75 Å². The van der Waals surface area contributed by atoms with Gasteiger partial charge in [-0.05, 0) is 30.7 Å². The summed E-state index contributed by atoms with van der Waals surface area (Å²) in [5, 5.41) is 14.0. The van der Waals surface area contributed by atoms with Gasteiger partial charge in [0.2, 0.25) is 0 Å². The molecule has 0 aliphatic rings. The molecule has 0 radical (unpaired) electrons. The van der Waals surface area contributed by atoms with Crippen LogP contribution in [0.2, 0.25) is 0 Å². The number of carbonyl (C=O) groups excluding carboxylic acids is 1. The van der Waals surface area contributed by atoms with Gasteiger partial charge < -0.3 is 15.4 Å². The molecule has 118 valence electrons. The minimum atomic E-state index is -0.308. The molecule has 1 aromatic carbocycles. The van der Waals surface area contributed by atoms with Crippen molar-refractivity contribution in [1.29, 1.82) is 5.26 Å². The molecule has 0 aliphatic carbocycles. The van der Waals surface area contributed by atoms with E-state index < -0.39 is 0 Å². The lowest BCUT2D eigenvalue weighted by molar-refractivity contribution is 0.251. The SMILES string of the molecule is N#CCCCOc1cccc(NC(=O)NCc2ccccn2)c1. The molecule has 0 saturated carbocycles. The standard InChI is InChI=1S/C17H18N4O2/c18-9-2-4-11-23-16-8-5-7-14(12-16)21-17(22)20-13-15-6-1-3-10-19-15/h1,3,5-8,10,12H,2,4,11,13H2,(H2,20,21,22). The second kappa shape index (κ2) is 9.05. The van der Waals surface area contributed by atoms with Gasteiger partial charge in [-0.1, -0.05) is 12.1 Å². The summed E-state index contributed by atoms with van der Waals surface area (Å²) >= 11 is 0. The van der Waals surface area contributed by atoms with Crippen molar-refractivity contribution in [1.82, 2.24) is 10.3 Å². The third kappa shape index (κ3) is 6.06. The Kier molecular flexibility index (Phi) is 6.42. The molecule has 0 aliphatic heterocycles. The van der Waals surface area contributed by atoms with Crippen molar-refractivity contribution in [3.8, 4) is 11.8 Å². The van der Waals surface area contributed by atoms with Gasteiger partial charge in [-0.3, -0.25) is 4.98 Å². The molecule has 6 nitrogen and oxygen atoms in total. The number of rotatable bonds is 7. The van der Waals surface area contributed by atoms with Crippen molar-refractivity contribution in [2.24, 2.45) is 0 Å². The molecule has 2 N–H and O–H groups in total. The number of nitrogens with one attached hydrogen (secondary N) is 2. The van der Waals surface area contributed by atoms with E-state index in [0.717, 1.165) is 5.69 Å². The molecule has 2 aromatic rings. The second-order valence-electron chi connectivity index (χ2n) is 4.77. The number of anilines is 1. The predicted molar refractivity (Wildman–Crippen MR) is 86.9 cm³/mol. The molecule has 0 saturated heterocycles. The molecule has 0 spiro atoms. The Balaban J connectivity index is 1.80. The van der Waals surface area contributed by atoms with E-state index in [4.69, 9.17) is 10.00 Å². The Morgan fingerprint density at radius 1 is 1.26 bits per heavy atom. The van der Waals surface area contributed by atoms with Crippen molar-refractivity contribution in [3.63, 3.8) is 0 Å². The second-order valence-corrected chi connectivity index (χ2v) is 4.77. The first kappa shape index (κ1) is 16.3. The summed E-state index contributed by atoms with van der Waals surface area (Å²) in [5.74, 6) is 0.658. The van der Waals surface area contributed by atoms with Crippen LogP contribution in [0.3, 0.4) is 0 Å². The maximum absolute atomic E-state index is 11.9. The number of hydrogen-bond donors (Lipinski definition) is 2. The van der Waals surface area contributed by atoms with Crippen LogP contribution in [0.1, 0.15) is 18.5 Å². The van der Waals surface area contributed by atoms with E-state index in [9.17, 15) is 4.79 Å². The van der Waals surface area contributed by atoms with E-state index in [2.05, 4.69) is 21.7 Å². The molecular weight excluding hydrogens is 292 g/mol. The molecule has 1 heterocycles. The van der Waals surface area contributed by atoms with Crippen LogP contribution in [0, 0.1) is 11.3 Å². The Hall–Kier alpha value is -3.07. The first-order valence-corrected chi connectivity index (χ1v) is 7.32. The topological polar surface area (TPSA) is 87.0 Å². The van der Waals surface area contributed by atoms with Gasteiger partial charge >= 0.3 is 6.03 Å². The van der Waals surface area contributed by atoms with Crippen LogP contribution in [0.25, 0.3) is 0 Å². The summed E-state index contributed by atoms with van der Waals surface area (Å²) in [6.45, 7) is 0.833. The first-order valence-electron chi connectivity index (χ1n) is 7.32. The smallest absolute Gasteiger partial charge is 0.319 e. The maximum Gasteiger partial charge on any atom is 0.319 e. The molecule has 1 aromatic heterocycles. The van der Waals surface area contributed by atoms with E-state index in [1.165, 1.54) is 0 Å². The predicted octanol–water partition coefficient (Wildman–Crippen LogP) is 3.09. The van der Waals surface area contributed by atoms with Crippen molar-refractivity contribution >= 4 is 11.7 Å². The third-order valence-corrected chi connectivity index (χ3v) is 2.95. The quantitative estimate of drug-likeness (QED) is 0.769. The summed E-state index contributed by atoms with van der Waals surface area (Å²) in [6, 6.07) is 14.4. The number of ether oxygens (including phenoxy) is 1. The van der Waals surface area contributed by atoms with Crippen LogP contribution in [-0.2, 0) is 6.54 Å². The number of carbonyl (C=O) groups is 1. The molecule has 0 bridgehead atoms. The highest BCUT2D eigenvalue weighted by Gasteiger charge is 2.03. The van der Waals surface area contributed by atoms with E-state index >= 15 is 0 Å². The molecule has 0 fully saturated rings. The largest absolute Gasteiger partial charge is 0.493 e. The number of pyridine rings is 1. The average molecular weight is 310 g/mol. The Labute approximate surface area is 135 Å². The van der Waals surface area contributed by atoms with Crippen molar-refractivity contribution in [3.05, 3.63) is 54.4 Å². The molecule has 23 heavy (non-hydrogen) atoms. The molecule has 6 heteroatoms. The molecular formula is C17H18N4O2. The molecule has 0 atom stereocenters. The fraction of sp³-hybridized carbons (Fsp3) is 0.235. The van der Waals surface area contributed by atoms with Gasteiger partial charge in [0, 0.05) is 24.4 Å². The molecule has 0 unspecified atom stereocenters. The Morgan fingerprint density at radius 3 is 2.96 bits per heavy atom. The van der Waals surface area contributed by atoms with E-state index in [0.29, 0.717) is 37.4 Å². The van der Waals surface area contributed by atoms with Gasteiger partial charge in [-0.15, -0.1) is 0 Å². The van der Waals surface area contributed by atoms with Crippen LogP contribution in [-0.4, -0.2) is 17.6 Å². The highest BCUT2D eigenvalue weighted by Crippen LogP contribution is 2.17. The zero-order chi connectivity index (χ0) is 16.3. The lowest BCUT2D eigenvalue weighted by atomic mass is 10.3. The fourth-order valence-electron chi connectivity index (χ4n) is 1.85. The van der Waals surface area contributed by atoms with Gasteiger partial charge in [0.25, 0.3) is 0 Å². The van der Waals surface area contributed by atoms with E-state index in [1.807, 2.05) is 24.3 Å². The number of aromatic nitrogens is 1. The van der Waals surface area contributed by atoms with Crippen molar-refractivity contribution in [2.45, 2.75) is 19.4 Å². The fourth-order valence-corrected chi connectivity index (χ4v) is 1.85. The first-order chi connectivity index (χ1) is 11.3. The zero-order valence-corrected chi connectivity index (χ0v) is 12.7. The number of amides is 2. The van der Waals surface area contributed by atoms with Gasteiger partial charge in [0.1, 0.15) is 5.75 Å². The maximum atomic E-state index is 11.9. The number of unbranched alkanes of at least 4 members (excludes halogenated alkanes) is 1. The van der Waals surface area contributed by atoms with Crippen LogP contribution < -0.4 is 15.4 Å². The minimum Gasteiger partial charge on any atom is -0.493 e. The van der Waals surface area contributed by atoms with Gasteiger partial charge in [0.15, 0.2) is 0 Å². The summed E-state index contributed by atoms with van der Waals surface area (Å²) in [4.78, 5) is 16.0. The lowest BCUT2D eigenvalue weighted by Crippen LogP contribution is -2.28. The summed E-state index contributed by atoms with van der Waals surface area (Å²) < 4.78 is 5.53. The zero-order valence-electron chi connectivity index (χ0n) is 12.7. The average Bonchev–Trinajstić information content (AvgIpc) is 2.58. The monoisotopic (exact) mass is 310 g/mol. The summed E-state index contributed by atoms with van der Waals surface area (Å²) in [7, 11) is 0. The number of hydrogen-bond acceptors (Lipinski definition) is 4. The number of urea groups is 1. The van der Waals surface area contributed by atoms with E-state index in [1.54, 1.807) is 24.4 Å². The van der Waals surface area contributed by atoms with Gasteiger partial charge in [0.05, 0.1) is 24.9 Å². The number of nitrogens with zero attached hydrogens (tertiary/aromatic N) is 2. The van der Waals surface area contributed by atoms with Gasteiger partial charge in [-0.25, -0.2) is 4.79 Å². The Bertz CT molecular complexity index is 668.